The topological polar surface area (TPSA) is 75.4 Å². The van der Waals surface area contributed by atoms with Gasteiger partial charge in [0, 0.05) is 38.0 Å². The number of carbonyl (C=O) groups excluding carboxylic acids is 2. The Morgan fingerprint density at radius 3 is 2.76 bits per heavy atom. The van der Waals surface area contributed by atoms with Gasteiger partial charge in [0.25, 0.3) is 0 Å². The molecule has 1 saturated carbocycles. The minimum Gasteiger partial charge on any atom is -0.352 e. The molecule has 1 saturated heterocycles. The predicted octanol–water partition coefficient (Wildman–Crippen LogP) is 2.36. The van der Waals surface area contributed by atoms with Crippen LogP contribution in [0.1, 0.15) is 49.7 Å². The highest BCUT2D eigenvalue weighted by Crippen LogP contribution is 2.23. The number of halogens is 1. The molecular weight excluding hydrogens is 338 g/mol. The van der Waals surface area contributed by atoms with Crippen LogP contribution in [-0.2, 0) is 22.7 Å². The predicted molar refractivity (Wildman–Crippen MR) is 100 cm³/mol. The molecule has 1 aromatic carbocycles. The van der Waals surface area contributed by atoms with Crippen molar-refractivity contribution >= 4 is 24.2 Å². The fourth-order valence-electron chi connectivity index (χ4n) is 3.73. The fourth-order valence-corrected chi connectivity index (χ4v) is 3.73. The highest BCUT2D eigenvalue weighted by Gasteiger charge is 2.25. The van der Waals surface area contributed by atoms with Gasteiger partial charge in [-0.3, -0.25) is 9.59 Å². The zero-order valence-electron chi connectivity index (χ0n) is 14.6. The Bertz CT molecular complexity index is 608. The molecule has 1 heterocycles. The molecule has 0 radical (unpaired) electrons. The van der Waals surface area contributed by atoms with Crippen LogP contribution in [0.15, 0.2) is 24.3 Å². The van der Waals surface area contributed by atoms with Gasteiger partial charge >= 0.3 is 0 Å². The smallest absolute Gasteiger partial charge is 0.223 e. The summed E-state index contributed by atoms with van der Waals surface area (Å²) in [6.07, 6.45) is 5.43. The van der Waals surface area contributed by atoms with E-state index in [1.54, 1.807) is 0 Å². The van der Waals surface area contributed by atoms with Crippen LogP contribution >= 0.6 is 12.4 Å². The second kappa shape index (κ2) is 9.20. The van der Waals surface area contributed by atoms with E-state index < -0.39 is 0 Å². The summed E-state index contributed by atoms with van der Waals surface area (Å²) < 4.78 is 0. The van der Waals surface area contributed by atoms with E-state index in [-0.39, 0.29) is 36.2 Å². The number of hydrogen-bond donors (Lipinski definition) is 2. The maximum Gasteiger partial charge on any atom is 0.223 e. The largest absolute Gasteiger partial charge is 0.352 e. The molecule has 2 amide bonds. The van der Waals surface area contributed by atoms with Crippen LogP contribution in [0.3, 0.4) is 0 Å². The molecule has 2 atom stereocenters. The first-order valence-corrected chi connectivity index (χ1v) is 9.00. The maximum absolute atomic E-state index is 12.3. The maximum atomic E-state index is 12.3. The molecule has 1 aliphatic heterocycles. The summed E-state index contributed by atoms with van der Waals surface area (Å²) in [5, 5.41) is 3.04. The van der Waals surface area contributed by atoms with Gasteiger partial charge in [-0.1, -0.05) is 30.7 Å². The minimum absolute atomic E-state index is 0. The molecular formula is C19H28ClN3O2. The number of nitrogens with zero attached hydrogens (tertiary/aromatic N) is 1. The number of hydrogen-bond acceptors (Lipinski definition) is 3. The monoisotopic (exact) mass is 365 g/mol. The van der Waals surface area contributed by atoms with Crippen molar-refractivity contribution in [2.45, 2.75) is 57.7 Å². The molecule has 3 rings (SSSR count). The Kier molecular flexibility index (Phi) is 7.26. The Balaban J connectivity index is 0.00000225. The molecule has 0 aromatic heterocycles. The van der Waals surface area contributed by atoms with Crippen LogP contribution in [0.4, 0.5) is 0 Å². The molecule has 2 unspecified atom stereocenters. The van der Waals surface area contributed by atoms with Gasteiger partial charge in [-0.05, 0) is 36.8 Å². The van der Waals surface area contributed by atoms with E-state index in [4.69, 9.17) is 5.73 Å². The average molecular weight is 366 g/mol. The van der Waals surface area contributed by atoms with E-state index in [1.165, 1.54) is 0 Å². The summed E-state index contributed by atoms with van der Waals surface area (Å²) in [7, 11) is 0. The van der Waals surface area contributed by atoms with Gasteiger partial charge in [0.2, 0.25) is 11.8 Å². The quantitative estimate of drug-likeness (QED) is 0.841. The number of nitrogens with two attached hydrogens (primary N) is 1. The highest BCUT2D eigenvalue weighted by atomic mass is 35.5. The summed E-state index contributed by atoms with van der Waals surface area (Å²) in [4.78, 5) is 25.9. The van der Waals surface area contributed by atoms with Crippen LogP contribution in [0.25, 0.3) is 0 Å². The van der Waals surface area contributed by atoms with E-state index in [0.29, 0.717) is 19.5 Å². The van der Waals surface area contributed by atoms with Crippen LogP contribution in [0.5, 0.6) is 0 Å². The molecule has 6 heteroatoms. The normalized spacial score (nSPS) is 23.2. The fraction of sp³-hybridized carbons (Fsp3) is 0.579. The van der Waals surface area contributed by atoms with Crippen molar-refractivity contribution in [3.05, 3.63) is 35.4 Å². The van der Waals surface area contributed by atoms with Gasteiger partial charge in [-0.25, -0.2) is 0 Å². The number of amides is 2. The third-order valence-electron chi connectivity index (χ3n) is 5.09. The average Bonchev–Trinajstić information content (AvgIpc) is 2.98. The zero-order chi connectivity index (χ0) is 16.9. The Morgan fingerprint density at radius 2 is 2.04 bits per heavy atom. The highest BCUT2D eigenvalue weighted by molar-refractivity contribution is 5.85. The first-order chi connectivity index (χ1) is 11.6. The van der Waals surface area contributed by atoms with Crippen molar-refractivity contribution in [3.63, 3.8) is 0 Å². The van der Waals surface area contributed by atoms with Crippen molar-refractivity contribution in [1.29, 1.82) is 0 Å². The number of nitrogens with one attached hydrogen (secondary N) is 1. The lowest BCUT2D eigenvalue weighted by molar-refractivity contribution is -0.128. The summed E-state index contributed by atoms with van der Waals surface area (Å²) in [6.45, 7) is 2.05. The molecule has 2 fully saturated rings. The van der Waals surface area contributed by atoms with Crippen molar-refractivity contribution < 1.29 is 9.59 Å². The van der Waals surface area contributed by atoms with Crippen LogP contribution < -0.4 is 11.1 Å². The molecule has 0 spiro atoms. The van der Waals surface area contributed by atoms with Gasteiger partial charge in [-0.2, -0.15) is 0 Å². The second-order valence-corrected chi connectivity index (χ2v) is 7.08. The number of rotatable bonds is 5. The van der Waals surface area contributed by atoms with Crippen molar-refractivity contribution in [3.8, 4) is 0 Å². The van der Waals surface area contributed by atoms with Gasteiger partial charge in [0.05, 0.1) is 0 Å². The first kappa shape index (κ1) is 19.7. The summed E-state index contributed by atoms with van der Waals surface area (Å²) in [5.41, 5.74) is 8.17. The first-order valence-electron chi connectivity index (χ1n) is 9.00. The summed E-state index contributed by atoms with van der Waals surface area (Å²) in [5.74, 6) is 0.409. The molecule has 3 N–H and O–H groups in total. The van der Waals surface area contributed by atoms with E-state index in [1.807, 2.05) is 23.1 Å². The SMILES string of the molecule is Cl.NC1CCCC(C(=O)NCc2cccc(CN3CCCC3=O)c2)C1. The van der Waals surface area contributed by atoms with Gasteiger partial charge in [-0.15, -0.1) is 12.4 Å². The number of benzene rings is 1. The molecule has 5 nitrogen and oxygen atoms in total. The molecule has 25 heavy (non-hydrogen) atoms. The van der Waals surface area contributed by atoms with Crippen LogP contribution in [0.2, 0.25) is 0 Å². The van der Waals surface area contributed by atoms with Crippen LogP contribution in [-0.4, -0.2) is 29.3 Å². The van der Waals surface area contributed by atoms with E-state index >= 15 is 0 Å². The van der Waals surface area contributed by atoms with Gasteiger partial charge < -0.3 is 16.0 Å². The molecule has 1 aliphatic carbocycles. The Labute approximate surface area is 155 Å². The van der Waals surface area contributed by atoms with Gasteiger partial charge in [0.1, 0.15) is 0 Å². The lowest BCUT2D eigenvalue weighted by Crippen LogP contribution is -2.37. The van der Waals surface area contributed by atoms with E-state index in [9.17, 15) is 9.59 Å². The van der Waals surface area contributed by atoms with Crippen molar-refractivity contribution in [1.82, 2.24) is 10.2 Å². The number of likely N-dealkylation sites (tertiary alicyclic amines) is 1. The molecule has 0 bridgehead atoms. The van der Waals surface area contributed by atoms with E-state index in [0.717, 1.165) is 49.8 Å². The van der Waals surface area contributed by atoms with Crippen LogP contribution in [0, 0.1) is 5.92 Å². The standard InChI is InChI=1S/C19H27N3O2.ClH/c20-17-7-2-6-16(11-17)19(24)21-12-14-4-1-5-15(10-14)13-22-9-3-8-18(22)23;/h1,4-5,10,16-17H,2-3,6-9,11-13,20H2,(H,21,24);1H. The molecule has 138 valence electrons. The van der Waals surface area contributed by atoms with Gasteiger partial charge in [0.15, 0.2) is 0 Å². The van der Waals surface area contributed by atoms with Crippen molar-refractivity contribution in [2.24, 2.45) is 11.7 Å². The Morgan fingerprint density at radius 1 is 1.24 bits per heavy atom. The zero-order valence-corrected chi connectivity index (χ0v) is 15.4. The third-order valence-corrected chi connectivity index (χ3v) is 5.09. The Hall–Kier alpha value is -1.59. The number of carbonyl (C=O) groups is 2. The van der Waals surface area contributed by atoms with Crippen molar-refractivity contribution in [2.75, 3.05) is 6.54 Å². The summed E-state index contributed by atoms with van der Waals surface area (Å²) in [6, 6.07) is 8.29. The van der Waals surface area contributed by atoms with E-state index in [2.05, 4.69) is 11.4 Å². The molecule has 1 aromatic rings. The summed E-state index contributed by atoms with van der Waals surface area (Å²) >= 11 is 0. The lowest BCUT2D eigenvalue weighted by atomic mass is 9.85. The second-order valence-electron chi connectivity index (χ2n) is 7.08. The molecule has 2 aliphatic rings. The minimum atomic E-state index is 0. The lowest BCUT2D eigenvalue weighted by Gasteiger charge is -2.25. The third kappa shape index (κ3) is 5.44.